The average molecular weight is 233 g/mol. The third kappa shape index (κ3) is 2.28. The van der Waals surface area contributed by atoms with Crippen molar-refractivity contribution in [1.82, 2.24) is 15.5 Å². The molecule has 1 N–H and O–H groups in total. The molecule has 16 heavy (non-hydrogen) atoms. The van der Waals surface area contributed by atoms with E-state index < -0.39 is 0 Å². The highest BCUT2D eigenvalue weighted by molar-refractivity contribution is 7.14. The van der Waals surface area contributed by atoms with Crippen LogP contribution in [0.25, 0.3) is 10.6 Å². The van der Waals surface area contributed by atoms with E-state index in [1.807, 2.05) is 13.1 Å². The Balaban J connectivity index is 2.34. The summed E-state index contributed by atoms with van der Waals surface area (Å²) in [6.07, 6.45) is 1.02. The summed E-state index contributed by atoms with van der Waals surface area (Å²) >= 11 is 1.66. The lowest BCUT2D eigenvalue weighted by molar-refractivity contribution is 0.794. The maximum atomic E-state index is 4.24. The quantitative estimate of drug-likeness (QED) is 0.881. The molecule has 84 valence electrons. The number of aromatic nitrogens is 2. The van der Waals surface area contributed by atoms with Gasteiger partial charge in [-0.3, -0.25) is 0 Å². The topological polar surface area (TPSA) is 37.8 Å². The van der Waals surface area contributed by atoms with Crippen molar-refractivity contribution in [2.24, 2.45) is 0 Å². The van der Waals surface area contributed by atoms with Gasteiger partial charge in [0.05, 0.1) is 0 Å². The van der Waals surface area contributed by atoms with Gasteiger partial charge in [0.1, 0.15) is 10.0 Å². The molecule has 0 aliphatic carbocycles. The van der Waals surface area contributed by atoms with Crippen molar-refractivity contribution in [3.63, 3.8) is 0 Å². The molecule has 1 heterocycles. The van der Waals surface area contributed by atoms with Gasteiger partial charge in [0, 0.05) is 12.1 Å². The Kier molecular flexibility index (Phi) is 3.64. The third-order valence-electron chi connectivity index (χ3n) is 2.42. The van der Waals surface area contributed by atoms with Gasteiger partial charge in [-0.15, -0.1) is 10.2 Å². The monoisotopic (exact) mass is 233 g/mol. The van der Waals surface area contributed by atoms with E-state index in [1.165, 1.54) is 11.1 Å². The molecule has 0 saturated heterocycles. The SMILES string of the molecule is CCc1ccccc1-c1nnc(CNC)s1. The van der Waals surface area contributed by atoms with E-state index >= 15 is 0 Å². The van der Waals surface area contributed by atoms with Gasteiger partial charge in [-0.05, 0) is 19.0 Å². The fourth-order valence-corrected chi connectivity index (χ4v) is 2.53. The van der Waals surface area contributed by atoms with Crippen LogP contribution in [0, 0.1) is 0 Å². The van der Waals surface area contributed by atoms with Crippen LogP contribution in [0.2, 0.25) is 0 Å². The van der Waals surface area contributed by atoms with Crippen LogP contribution < -0.4 is 5.32 Å². The van der Waals surface area contributed by atoms with Gasteiger partial charge < -0.3 is 5.32 Å². The lowest BCUT2D eigenvalue weighted by atomic mass is 10.1. The summed E-state index contributed by atoms with van der Waals surface area (Å²) in [6, 6.07) is 8.38. The first-order valence-corrected chi connectivity index (χ1v) is 6.22. The molecule has 3 nitrogen and oxygen atoms in total. The van der Waals surface area contributed by atoms with E-state index in [2.05, 4.69) is 40.6 Å². The van der Waals surface area contributed by atoms with Crippen LogP contribution in [-0.4, -0.2) is 17.2 Å². The molecular weight excluding hydrogens is 218 g/mol. The maximum Gasteiger partial charge on any atom is 0.148 e. The summed E-state index contributed by atoms with van der Waals surface area (Å²) in [5.41, 5.74) is 2.54. The second-order valence-electron chi connectivity index (χ2n) is 3.54. The Morgan fingerprint density at radius 1 is 1.25 bits per heavy atom. The molecule has 1 aromatic carbocycles. The van der Waals surface area contributed by atoms with Crippen molar-refractivity contribution in [2.45, 2.75) is 19.9 Å². The second-order valence-corrected chi connectivity index (χ2v) is 4.60. The molecule has 0 aliphatic heterocycles. The van der Waals surface area contributed by atoms with E-state index in [1.54, 1.807) is 11.3 Å². The summed E-state index contributed by atoms with van der Waals surface area (Å²) in [4.78, 5) is 0. The van der Waals surface area contributed by atoms with Crippen LogP contribution in [0.15, 0.2) is 24.3 Å². The van der Waals surface area contributed by atoms with E-state index in [4.69, 9.17) is 0 Å². The molecular formula is C12H15N3S. The molecule has 4 heteroatoms. The van der Waals surface area contributed by atoms with Crippen molar-refractivity contribution >= 4 is 11.3 Å². The number of rotatable bonds is 4. The van der Waals surface area contributed by atoms with Gasteiger partial charge in [0.2, 0.25) is 0 Å². The summed E-state index contributed by atoms with van der Waals surface area (Å²) in [5.74, 6) is 0. The Bertz CT molecular complexity index is 465. The number of aryl methyl sites for hydroxylation is 1. The Morgan fingerprint density at radius 2 is 2.06 bits per heavy atom. The number of hydrogen-bond acceptors (Lipinski definition) is 4. The van der Waals surface area contributed by atoms with Crippen LogP contribution in [0.3, 0.4) is 0 Å². The lowest BCUT2D eigenvalue weighted by Crippen LogP contribution is -2.04. The summed E-state index contributed by atoms with van der Waals surface area (Å²) in [5, 5.41) is 13.5. The highest BCUT2D eigenvalue weighted by Crippen LogP contribution is 2.26. The second kappa shape index (κ2) is 5.18. The third-order valence-corrected chi connectivity index (χ3v) is 3.38. The average Bonchev–Trinajstić information content (AvgIpc) is 2.78. The Morgan fingerprint density at radius 3 is 2.81 bits per heavy atom. The zero-order valence-electron chi connectivity index (χ0n) is 9.53. The molecule has 2 aromatic rings. The van der Waals surface area contributed by atoms with Gasteiger partial charge in [-0.25, -0.2) is 0 Å². The van der Waals surface area contributed by atoms with Gasteiger partial charge in [0.25, 0.3) is 0 Å². The minimum Gasteiger partial charge on any atom is -0.313 e. The van der Waals surface area contributed by atoms with Crippen molar-refractivity contribution in [2.75, 3.05) is 7.05 Å². The van der Waals surface area contributed by atoms with E-state index in [0.29, 0.717) is 0 Å². The normalized spacial score (nSPS) is 10.6. The van der Waals surface area contributed by atoms with E-state index in [9.17, 15) is 0 Å². The predicted octanol–water partition coefficient (Wildman–Crippen LogP) is 2.49. The summed E-state index contributed by atoms with van der Waals surface area (Å²) in [7, 11) is 1.92. The Labute approximate surface area is 99.5 Å². The standard InChI is InChI=1S/C12H15N3S/c1-3-9-6-4-5-7-10(9)12-15-14-11(16-12)8-13-2/h4-7,13H,3,8H2,1-2H3. The zero-order chi connectivity index (χ0) is 11.4. The molecule has 0 amide bonds. The number of benzene rings is 1. The molecule has 1 aromatic heterocycles. The van der Waals surface area contributed by atoms with Crippen molar-refractivity contribution in [3.8, 4) is 10.6 Å². The van der Waals surface area contributed by atoms with E-state index in [-0.39, 0.29) is 0 Å². The van der Waals surface area contributed by atoms with Gasteiger partial charge in [0.15, 0.2) is 0 Å². The smallest absolute Gasteiger partial charge is 0.148 e. The fourth-order valence-electron chi connectivity index (χ4n) is 1.62. The highest BCUT2D eigenvalue weighted by Gasteiger charge is 2.08. The first-order valence-electron chi connectivity index (χ1n) is 5.40. The van der Waals surface area contributed by atoms with E-state index in [0.717, 1.165) is 23.0 Å². The van der Waals surface area contributed by atoms with Crippen molar-refractivity contribution < 1.29 is 0 Å². The number of nitrogens with zero attached hydrogens (tertiary/aromatic N) is 2. The molecule has 0 unspecified atom stereocenters. The minimum absolute atomic E-state index is 0.784. The summed E-state index contributed by atoms with van der Waals surface area (Å²) < 4.78 is 0. The van der Waals surface area contributed by atoms with Crippen LogP contribution in [-0.2, 0) is 13.0 Å². The molecule has 0 aliphatic rings. The van der Waals surface area contributed by atoms with Crippen LogP contribution in [0.1, 0.15) is 17.5 Å². The molecule has 0 spiro atoms. The van der Waals surface area contributed by atoms with Crippen molar-refractivity contribution in [1.29, 1.82) is 0 Å². The number of nitrogens with one attached hydrogen (secondary N) is 1. The molecule has 0 bridgehead atoms. The Hall–Kier alpha value is -1.26. The van der Waals surface area contributed by atoms with Crippen molar-refractivity contribution in [3.05, 3.63) is 34.8 Å². The van der Waals surface area contributed by atoms with Crippen LogP contribution in [0.4, 0.5) is 0 Å². The lowest BCUT2D eigenvalue weighted by Gasteiger charge is -2.02. The highest BCUT2D eigenvalue weighted by atomic mass is 32.1. The zero-order valence-corrected chi connectivity index (χ0v) is 10.3. The molecule has 2 rings (SSSR count). The molecule has 0 radical (unpaired) electrons. The van der Waals surface area contributed by atoms with Crippen LogP contribution >= 0.6 is 11.3 Å². The largest absolute Gasteiger partial charge is 0.313 e. The van der Waals surface area contributed by atoms with Gasteiger partial charge >= 0.3 is 0 Å². The first kappa shape index (κ1) is 11.2. The molecule has 0 saturated carbocycles. The van der Waals surface area contributed by atoms with Crippen LogP contribution in [0.5, 0.6) is 0 Å². The first-order chi connectivity index (χ1) is 7.85. The minimum atomic E-state index is 0.784. The van der Waals surface area contributed by atoms with Gasteiger partial charge in [-0.2, -0.15) is 0 Å². The summed E-state index contributed by atoms with van der Waals surface area (Å²) in [6.45, 7) is 2.94. The fraction of sp³-hybridized carbons (Fsp3) is 0.333. The maximum absolute atomic E-state index is 4.24. The molecule has 0 atom stereocenters. The predicted molar refractivity (Wildman–Crippen MR) is 67.5 cm³/mol. The van der Waals surface area contributed by atoms with Gasteiger partial charge in [-0.1, -0.05) is 42.5 Å². The molecule has 0 fully saturated rings. The number of hydrogen-bond donors (Lipinski definition) is 1.